The Balaban J connectivity index is 1.62. The van der Waals surface area contributed by atoms with Crippen LogP contribution in [0.1, 0.15) is 0 Å². The topological polar surface area (TPSA) is 47.1 Å². The minimum Gasteiger partial charge on any atom is -0.493 e. The Bertz CT molecular complexity index is 882. The number of rotatable bonds is 7. The molecule has 3 aromatic rings. The molecule has 0 unspecified atom stereocenters. The Kier molecular flexibility index (Phi) is 6.09. The maximum atomic E-state index is 5.78. The molecule has 0 fully saturated rings. The van der Waals surface area contributed by atoms with Crippen LogP contribution in [0.2, 0.25) is 0 Å². The van der Waals surface area contributed by atoms with Crippen molar-refractivity contribution in [1.29, 1.82) is 0 Å². The van der Waals surface area contributed by atoms with E-state index in [9.17, 15) is 0 Å². The van der Waals surface area contributed by atoms with Gasteiger partial charge >= 0.3 is 0 Å². The van der Waals surface area contributed by atoms with Crippen LogP contribution in [0.15, 0.2) is 65.8 Å². The van der Waals surface area contributed by atoms with E-state index in [4.69, 9.17) is 21.7 Å². The van der Waals surface area contributed by atoms with Gasteiger partial charge in [-0.2, -0.15) is 0 Å². The molecule has 0 spiro atoms. The third-order valence-electron chi connectivity index (χ3n) is 3.45. The van der Waals surface area contributed by atoms with Crippen LogP contribution in [0.25, 0.3) is 11.3 Å². The fourth-order valence-electron chi connectivity index (χ4n) is 2.30. The molecule has 3 rings (SSSR count). The SMILES string of the molecule is COc1ccccc1OCCSc1nc(=S)cc(-c2ccccc2)[nH]1. The molecule has 0 aliphatic carbocycles. The maximum Gasteiger partial charge on any atom is 0.167 e. The standard InChI is InChI=1S/C19H18N2O2S2/c1-22-16-9-5-6-10-17(16)23-11-12-25-19-20-15(13-18(24)21-19)14-7-3-2-4-8-14/h2-10,13H,11-12H2,1H3,(H,20,21,24). The quantitative estimate of drug-likeness (QED) is 0.275. The smallest absolute Gasteiger partial charge is 0.167 e. The summed E-state index contributed by atoms with van der Waals surface area (Å²) >= 11 is 6.86. The van der Waals surface area contributed by atoms with Gasteiger partial charge in [-0.15, -0.1) is 0 Å². The second-order valence-corrected chi connectivity index (χ2v) is 6.65. The summed E-state index contributed by atoms with van der Waals surface area (Å²) in [5.41, 5.74) is 2.05. The molecule has 128 valence electrons. The number of methoxy groups -OCH3 is 1. The van der Waals surface area contributed by atoms with E-state index in [2.05, 4.69) is 9.97 Å². The molecule has 0 atom stereocenters. The van der Waals surface area contributed by atoms with Crippen molar-refractivity contribution < 1.29 is 9.47 Å². The number of aromatic amines is 1. The minimum atomic E-state index is 0.545. The first-order valence-electron chi connectivity index (χ1n) is 7.81. The molecule has 6 heteroatoms. The van der Waals surface area contributed by atoms with Crippen LogP contribution < -0.4 is 9.47 Å². The number of H-pyrrole nitrogens is 1. The average Bonchev–Trinajstić information content (AvgIpc) is 2.66. The normalized spacial score (nSPS) is 10.4. The van der Waals surface area contributed by atoms with Crippen LogP contribution >= 0.6 is 24.0 Å². The number of nitrogens with one attached hydrogen (secondary N) is 1. The van der Waals surface area contributed by atoms with Gasteiger partial charge in [0.25, 0.3) is 0 Å². The second kappa shape index (κ2) is 8.69. The summed E-state index contributed by atoms with van der Waals surface area (Å²) in [7, 11) is 1.63. The molecule has 0 aliphatic heterocycles. The lowest BCUT2D eigenvalue weighted by Gasteiger charge is -2.10. The summed E-state index contributed by atoms with van der Waals surface area (Å²) in [6.07, 6.45) is 0. The van der Waals surface area contributed by atoms with Crippen molar-refractivity contribution in [1.82, 2.24) is 9.97 Å². The Morgan fingerprint density at radius 1 is 1.04 bits per heavy atom. The van der Waals surface area contributed by atoms with E-state index in [-0.39, 0.29) is 0 Å². The van der Waals surface area contributed by atoms with Gasteiger partial charge in [-0.1, -0.05) is 66.4 Å². The predicted molar refractivity (Wildman–Crippen MR) is 104 cm³/mol. The fourth-order valence-corrected chi connectivity index (χ4v) is 3.28. The summed E-state index contributed by atoms with van der Waals surface area (Å²) in [6, 6.07) is 19.6. The molecule has 0 bridgehead atoms. The molecule has 0 saturated heterocycles. The molecular formula is C19H18N2O2S2. The lowest BCUT2D eigenvalue weighted by atomic mass is 10.1. The minimum absolute atomic E-state index is 0.545. The Morgan fingerprint density at radius 3 is 2.52 bits per heavy atom. The molecule has 4 nitrogen and oxygen atoms in total. The highest BCUT2D eigenvalue weighted by Crippen LogP contribution is 2.26. The Hall–Kier alpha value is -2.31. The molecular weight excluding hydrogens is 352 g/mol. The monoisotopic (exact) mass is 370 g/mol. The van der Waals surface area contributed by atoms with Gasteiger partial charge in [-0.25, -0.2) is 4.98 Å². The lowest BCUT2D eigenvalue weighted by Crippen LogP contribution is -2.02. The number of nitrogens with zero attached hydrogens (tertiary/aromatic N) is 1. The second-order valence-electron chi connectivity index (χ2n) is 5.15. The zero-order chi connectivity index (χ0) is 17.5. The van der Waals surface area contributed by atoms with Crippen LogP contribution in [0, 0.1) is 4.64 Å². The molecule has 1 aromatic heterocycles. The third-order valence-corrected chi connectivity index (χ3v) is 4.50. The van der Waals surface area contributed by atoms with E-state index in [0.29, 0.717) is 11.2 Å². The number of aromatic nitrogens is 2. The van der Waals surface area contributed by atoms with Crippen LogP contribution in [0.4, 0.5) is 0 Å². The Morgan fingerprint density at radius 2 is 1.76 bits per heavy atom. The van der Waals surface area contributed by atoms with Crippen molar-refractivity contribution in [2.75, 3.05) is 19.5 Å². The van der Waals surface area contributed by atoms with Crippen molar-refractivity contribution >= 4 is 24.0 Å². The summed E-state index contributed by atoms with van der Waals surface area (Å²) in [5.74, 6) is 2.22. The Labute approximate surface area is 156 Å². The van der Waals surface area contributed by atoms with Crippen LogP contribution in [0.3, 0.4) is 0 Å². The van der Waals surface area contributed by atoms with Crippen LogP contribution in [0.5, 0.6) is 11.5 Å². The van der Waals surface area contributed by atoms with E-state index < -0.39 is 0 Å². The molecule has 2 aromatic carbocycles. The number of ether oxygens (including phenoxy) is 2. The summed E-state index contributed by atoms with van der Waals surface area (Å²) in [4.78, 5) is 7.71. The lowest BCUT2D eigenvalue weighted by molar-refractivity contribution is 0.313. The maximum absolute atomic E-state index is 5.78. The van der Waals surface area contributed by atoms with Crippen LogP contribution in [-0.2, 0) is 0 Å². The largest absolute Gasteiger partial charge is 0.493 e. The zero-order valence-corrected chi connectivity index (χ0v) is 15.4. The van der Waals surface area contributed by atoms with E-state index in [1.807, 2.05) is 60.7 Å². The average molecular weight is 370 g/mol. The highest BCUT2D eigenvalue weighted by molar-refractivity contribution is 7.99. The fraction of sp³-hybridized carbons (Fsp3) is 0.158. The first-order valence-corrected chi connectivity index (χ1v) is 9.21. The predicted octanol–water partition coefficient (Wildman–Crippen LogP) is 4.99. The van der Waals surface area contributed by atoms with Gasteiger partial charge in [-0.05, 0) is 23.8 Å². The first-order chi connectivity index (χ1) is 12.3. The van der Waals surface area contributed by atoms with Gasteiger partial charge in [0, 0.05) is 5.75 Å². The molecule has 1 N–H and O–H groups in total. The summed E-state index contributed by atoms with van der Waals surface area (Å²) in [6.45, 7) is 0.545. The third kappa shape index (κ3) is 4.84. The number of hydrogen-bond donors (Lipinski definition) is 1. The first kappa shape index (κ1) is 17.5. The molecule has 0 aliphatic rings. The summed E-state index contributed by atoms with van der Waals surface area (Å²) in [5, 5.41) is 0.787. The zero-order valence-electron chi connectivity index (χ0n) is 13.8. The molecule has 25 heavy (non-hydrogen) atoms. The molecule has 0 radical (unpaired) electrons. The molecule has 1 heterocycles. The number of benzene rings is 2. The molecule has 0 amide bonds. The van der Waals surface area contributed by atoms with Gasteiger partial charge in [0.2, 0.25) is 0 Å². The van der Waals surface area contributed by atoms with Gasteiger partial charge in [0.05, 0.1) is 19.4 Å². The van der Waals surface area contributed by atoms with Gasteiger partial charge in [0.15, 0.2) is 16.7 Å². The van der Waals surface area contributed by atoms with Crippen molar-refractivity contribution in [3.63, 3.8) is 0 Å². The van der Waals surface area contributed by atoms with Crippen molar-refractivity contribution in [2.45, 2.75) is 5.16 Å². The molecule has 0 saturated carbocycles. The van der Waals surface area contributed by atoms with Gasteiger partial charge in [0.1, 0.15) is 4.64 Å². The van der Waals surface area contributed by atoms with E-state index in [1.165, 1.54) is 0 Å². The highest BCUT2D eigenvalue weighted by Gasteiger charge is 2.05. The van der Waals surface area contributed by atoms with Crippen molar-refractivity contribution in [2.24, 2.45) is 0 Å². The van der Waals surface area contributed by atoms with E-state index in [1.54, 1.807) is 18.9 Å². The van der Waals surface area contributed by atoms with Gasteiger partial charge in [-0.3, -0.25) is 0 Å². The number of para-hydroxylation sites is 2. The highest BCUT2D eigenvalue weighted by atomic mass is 32.2. The number of thioether (sulfide) groups is 1. The van der Waals surface area contributed by atoms with Crippen molar-refractivity contribution in [3.05, 3.63) is 65.3 Å². The number of hydrogen-bond acceptors (Lipinski definition) is 5. The van der Waals surface area contributed by atoms with Crippen LogP contribution in [-0.4, -0.2) is 29.4 Å². The van der Waals surface area contributed by atoms with Crippen molar-refractivity contribution in [3.8, 4) is 22.8 Å². The summed E-state index contributed by atoms with van der Waals surface area (Å²) < 4.78 is 11.6. The van der Waals surface area contributed by atoms with E-state index in [0.717, 1.165) is 33.7 Å². The van der Waals surface area contributed by atoms with Gasteiger partial charge < -0.3 is 14.5 Å². The van der Waals surface area contributed by atoms with E-state index >= 15 is 0 Å².